The van der Waals surface area contributed by atoms with Gasteiger partial charge in [0.05, 0.1) is 17.5 Å². The highest BCUT2D eigenvalue weighted by Crippen LogP contribution is 2.20. The summed E-state index contributed by atoms with van der Waals surface area (Å²) >= 11 is 0. The summed E-state index contributed by atoms with van der Waals surface area (Å²) in [4.78, 5) is 22.5. The predicted octanol–water partition coefficient (Wildman–Crippen LogP) is 1.28. The average molecular weight is 230 g/mol. The number of carbonyl (C=O) groups is 2. The van der Waals surface area contributed by atoms with E-state index in [4.69, 9.17) is 0 Å². The SMILES string of the molecule is Cc1ccc(C2=NNC(=O)C(C)C2C=O)cc1. The fourth-order valence-corrected chi connectivity index (χ4v) is 1.86. The van der Waals surface area contributed by atoms with E-state index >= 15 is 0 Å². The van der Waals surface area contributed by atoms with Crippen molar-refractivity contribution in [1.29, 1.82) is 0 Å². The van der Waals surface area contributed by atoms with Gasteiger partial charge in [0.2, 0.25) is 5.91 Å². The van der Waals surface area contributed by atoms with Crippen LogP contribution in [-0.4, -0.2) is 17.9 Å². The molecule has 88 valence electrons. The number of amides is 1. The maximum atomic E-state index is 11.4. The summed E-state index contributed by atoms with van der Waals surface area (Å²) < 4.78 is 0. The molecule has 0 aliphatic carbocycles. The minimum absolute atomic E-state index is 0.210. The molecule has 4 heteroatoms. The molecule has 0 radical (unpaired) electrons. The monoisotopic (exact) mass is 230 g/mol. The van der Waals surface area contributed by atoms with E-state index < -0.39 is 5.92 Å². The first kappa shape index (κ1) is 11.5. The molecule has 1 aliphatic heterocycles. The maximum absolute atomic E-state index is 11.4. The Morgan fingerprint density at radius 3 is 2.53 bits per heavy atom. The second-order valence-electron chi connectivity index (χ2n) is 4.29. The van der Waals surface area contributed by atoms with Gasteiger partial charge in [-0.1, -0.05) is 36.8 Å². The number of benzene rings is 1. The first-order valence-corrected chi connectivity index (χ1v) is 5.53. The van der Waals surface area contributed by atoms with Crippen LogP contribution in [0.1, 0.15) is 18.1 Å². The number of nitrogens with one attached hydrogen (secondary N) is 1. The van der Waals surface area contributed by atoms with Crippen molar-refractivity contribution in [2.45, 2.75) is 13.8 Å². The molecule has 1 aromatic rings. The molecule has 2 atom stereocenters. The van der Waals surface area contributed by atoms with E-state index in [0.29, 0.717) is 5.71 Å². The smallest absolute Gasteiger partial charge is 0.244 e. The molecule has 0 spiro atoms. The Labute approximate surface area is 99.7 Å². The standard InChI is InChI=1S/C13H14N2O2/c1-8-3-5-10(6-4-8)12-11(7-16)9(2)13(17)15-14-12/h3-7,9,11H,1-2H3,(H,15,17). The number of nitrogens with zero attached hydrogens (tertiary/aromatic N) is 1. The lowest BCUT2D eigenvalue weighted by atomic mass is 9.85. The van der Waals surface area contributed by atoms with Crippen LogP contribution < -0.4 is 5.43 Å². The van der Waals surface area contributed by atoms with Crippen LogP contribution in [0, 0.1) is 18.8 Å². The Kier molecular flexibility index (Phi) is 3.04. The summed E-state index contributed by atoms with van der Waals surface area (Å²) in [7, 11) is 0. The maximum Gasteiger partial charge on any atom is 0.244 e. The zero-order chi connectivity index (χ0) is 12.4. The first-order valence-electron chi connectivity index (χ1n) is 5.53. The Hall–Kier alpha value is -1.97. The highest BCUT2D eigenvalue weighted by atomic mass is 16.2. The number of hydrogen-bond donors (Lipinski definition) is 1. The Bertz CT molecular complexity index is 477. The summed E-state index contributed by atoms with van der Waals surface area (Å²) in [6.45, 7) is 3.73. The van der Waals surface area contributed by atoms with E-state index in [-0.39, 0.29) is 11.8 Å². The van der Waals surface area contributed by atoms with E-state index in [1.165, 1.54) is 0 Å². The second kappa shape index (κ2) is 4.49. The van der Waals surface area contributed by atoms with Gasteiger partial charge in [0.1, 0.15) is 6.29 Å². The molecular formula is C13H14N2O2. The number of hydrazone groups is 1. The van der Waals surface area contributed by atoms with Gasteiger partial charge in [-0.2, -0.15) is 5.10 Å². The van der Waals surface area contributed by atoms with Crippen LogP contribution in [0.25, 0.3) is 0 Å². The van der Waals surface area contributed by atoms with E-state index in [0.717, 1.165) is 17.4 Å². The summed E-state index contributed by atoms with van der Waals surface area (Å²) in [5.41, 5.74) is 5.10. The predicted molar refractivity (Wildman–Crippen MR) is 64.6 cm³/mol. The summed E-state index contributed by atoms with van der Waals surface area (Å²) in [6, 6.07) is 7.74. The van der Waals surface area contributed by atoms with Crippen molar-refractivity contribution in [3.63, 3.8) is 0 Å². The fourth-order valence-electron chi connectivity index (χ4n) is 1.86. The van der Waals surface area contributed by atoms with Gasteiger partial charge in [-0.05, 0) is 12.5 Å². The van der Waals surface area contributed by atoms with Gasteiger partial charge in [-0.25, -0.2) is 5.43 Å². The molecule has 0 fully saturated rings. The normalized spacial score (nSPS) is 23.9. The molecule has 4 nitrogen and oxygen atoms in total. The fraction of sp³-hybridized carbons (Fsp3) is 0.308. The lowest BCUT2D eigenvalue weighted by molar-refractivity contribution is -0.128. The van der Waals surface area contributed by atoms with Crippen LogP contribution in [-0.2, 0) is 9.59 Å². The number of aldehydes is 1. The van der Waals surface area contributed by atoms with Gasteiger partial charge in [-0.3, -0.25) is 4.79 Å². The van der Waals surface area contributed by atoms with Gasteiger partial charge in [-0.15, -0.1) is 0 Å². The number of hydrogen-bond acceptors (Lipinski definition) is 3. The Morgan fingerprint density at radius 1 is 1.29 bits per heavy atom. The molecule has 0 aromatic heterocycles. The number of carbonyl (C=O) groups excluding carboxylic acids is 2. The molecule has 1 amide bonds. The minimum Gasteiger partial charge on any atom is -0.303 e. The molecule has 1 N–H and O–H groups in total. The van der Waals surface area contributed by atoms with Crippen molar-refractivity contribution in [2.24, 2.45) is 16.9 Å². The molecule has 2 unspecified atom stereocenters. The second-order valence-corrected chi connectivity index (χ2v) is 4.29. The topological polar surface area (TPSA) is 58.5 Å². The molecule has 0 saturated carbocycles. The molecule has 0 bridgehead atoms. The van der Waals surface area contributed by atoms with Crippen LogP contribution in [0.5, 0.6) is 0 Å². The average Bonchev–Trinajstić information content (AvgIpc) is 2.34. The van der Waals surface area contributed by atoms with Crippen LogP contribution in [0.3, 0.4) is 0 Å². The summed E-state index contributed by atoms with van der Waals surface area (Å²) in [5, 5.41) is 4.00. The molecule has 1 heterocycles. The van der Waals surface area contributed by atoms with Crippen molar-refractivity contribution in [2.75, 3.05) is 0 Å². The van der Waals surface area contributed by atoms with E-state index in [1.807, 2.05) is 31.2 Å². The van der Waals surface area contributed by atoms with Gasteiger partial charge in [0, 0.05) is 0 Å². The van der Waals surface area contributed by atoms with Crippen molar-refractivity contribution in [3.8, 4) is 0 Å². The van der Waals surface area contributed by atoms with E-state index in [2.05, 4.69) is 10.5 Å². The summed E-state index contributed by atoms with van der Waals surface area (Å²) in [5.74, 6) is -1.05. The van der Waals surface area contributed by atoms with Crippen molar-refractivity contribution < 1.29 is 9.59 Å². The molecule has 0 saturated heterocycles. The first-order chi connectivity index (χ1) is 8.13. The minimum atomic E-state index is -0.466. The lowest BCUT2D eigenvalue weighted by Gasteiger charge is -2.24. The van der Waals surface area contributed by atoms with Gasteiger partial charge >= 0.3 is 0 Å². The highest BCUT2D eigenvalue weighted by molar-refractivity contribution is 6.12. The molecule has 2 rings (SSSR count). The van der Waals surface area contributed by atoms with Gasteiger partial charge < -0.3 is 4.79 Å². The Morgan fingerprint density at radius 2 is 1.94 bits per heavy atom. The third-order valence-electron chi connectivity index (χ3n) is 3.05. The third-order valence-corrected chi connectivity index (χ3v) is 3.05. The van der Waals surface area contributed by atoms with Crippen LogP contribution >= 0.6 is 0 Å². The largest absolute Gasteiger partial charge is 0.303 e. The van der Waals surface area contributed by atoms with Crippen molar-refractivity contribution in [3.05, 3.63) is 35.4 Å². The van der Waals surface area contributed by atoms with Crippen LogP contribution in [0.2, 0.25) is 0 Å². The molecular weight excluding hydrogens is 216 g/mol. The molecule has 17 heavy (non-hydrogen) atoms. The Balaban J connectivity index is 2.40. The van der Waals surface area contributed by atoms with Crippen LogP contribution in [0.15, 0.2) is 29.4 Å². The highest BCUT2D eigenvalue weighted by Gasteiger charge is 2.32. The number of rotatable bonds is 2. The zero-order valence-corrected chi connectivity index (χ0v) is 9.81. The molecule has 1 aromatic carbocycles. The van der Waals surface area contributed by atoms with E-state index in [9.17, 15) is 9.59 Å². The van der Waals surface area contributed by atoms with Crippen molar-refractivity contribution in [1.82, 2.24) is 5.43 Å². The van der Waals surface area contributed by atoms with Gasteiger partial charge in [0.15, 0.2) is 0 Å². The lowest BCUT2D eigenvalue weighted by Crippen LogP contribution is -2.41. The zero-order valence-electron chi connectivity index (χ0n) is 9.81. The third kappa shape index (κ3) is 2.11. The summed E-state index contributed by atoms with van der Waals surface area (Å²) in [6.07, 6.45) is 0.794. The van der Waals surface area contributed by atoms with Gasteiger partial charge in [0.25, 0.3) is 0 Å². The van der Waals surface area contributed by atoms with E-state index in [1.54, 1.807) is 6.92 Å². The molecule has 1 aliphatic rings. The van der Waals surface area contributed by atoms with Crippen molar-refractivity contribution >= 4 is 17.9 Å². The quantitative estimate of drug-likeness (QED) is 0.778. The van der Waals surface area contributed by atoms with Crippen LogP contribution in [0.4, 0.5) is 0 Å². The number of aryl methyl sites for hydroxylation is 1.